The van der Waals surface area contributed by atoms with Crippen molar-refractivity contribution in [3.63, 3.8) is 0 Å². The third-order valence-corrected chi connectivity index (χ3v) is 8.95. The highest BCUT2D eigenvalue weighted by Gasteiger charge is 2.27. The van der Waals surface area contributed by atoms with Crippen LogP contribution in [0.15, 0.2) is 69.6 Å². The smallest absolute Gasteiger partial charge is 0.336 e. The number of benzene rings is 3. The van der Waals surface area contributed by atoms with Crippen molar-refractivity contribution in [1.29, 1.82) is 0 Å². The van der Waals surface area contributed by atoms with Gasteiger partial charge in [0, 0.05) is 28.6 Å². The van der Waals surface area contributed by atoms with Crippen LogP contribution in [0.3, 0.4) is 0 Å². The molecular weight excluding hydrogens is 838 g/mol. The number of carbonyl (C=O) groups is 2. The number of amides is 1. The number of aromatic hydroxyl groups is 1. The molecule has 0 saturated heterocycles. The summed E-state index contributed by atoms with van der Waals surface area (Å²) in [6.45, 7) is 6.93. The molecule has 44 heavy (non-hydrogen) atoms. The number of halogens is 4. The van der Waals surface area contributed by atoms with Crippen LogP contribution in [0.4, 0.5) is 0 Å². The van der Waals surface area contributed by atoms with E-state index < -0.39 is 5.97 Å². The zero-order chi connectivity index (χ0) is 32.1. The molecule has 2 aliphatic rings. The number of aromatic carboxylic acids is 1. The molecule has 14 heteroatoms. The normalized spacial score (nSPS) is 11.2. The van der Waals surface area contributed by atoms with E-state index in [1.807, 2.05) is 0 Å². The van der Waals surface area contributed by atoms with Crippen LogP contribution in [-0.4, -0.2) is 61.7 Å². The number of fused-ring (bicyclic) bond motifs is 2. The summed E-state index contributed by atoms with van der Waals surface area (Å²) in [6.07, 6.45) is 0. The van der Waals surface area contributed by atoms with Gasteiger partial charge in [0.25, 0.3) is 0 Å². The molecule has 0 bridgehead atoms. The summed E-state index contributed by atoms with van der Waals surface area (Å²) in [4.78, 5) is 36.6. The zero-order valence-electron chi connectivity index (χ0n) is 23.1. The number of carbonyl (C=O) groups excluding carboxylic acids is 1. The summed E-state index contributed by atoms with van der Waals surface area (Å²) >= 11 is 13.3. The summed E-state index contributed by atoms with van der Waals surface area (Å²) < 4.78 is 23.7. The van der Waals surface area contributed by atoms with Crippen molar-refractivity contribution in [2.75, 3.05) is 39.6 Å². The maximum atomic E-state index is 12.7. The molecule has 0 fully saturated rings. The predicted octanol–water partition coefficient (Wildman–Crippen LogP) is 7.12. The molecule has 10 nitrogen and oxygen atoms in total. The van der Waals surface area contributed by atoms with E-state index in [2.05, 4.69) is 75.6 Å². The first kappa shape index (κ1) is 34.1. The van der Waals surface area contributed by atoms with Crippen molar-refractivity contribution in [3.8, 4) is 33.9 Å². The van der Waals surface area contributed by atoms with Gasteiger partial charge in [-0.1, -0.05) is 6.58 Å². The second-order valence-corrected chi connectivity index (χ2v) is 12.7. The van der Waals surface area contributed by atoms with Crippen LogP contribution in [0.2, 0.25) is 0 Å². The lowest BCUT2D eigenvalue weighted by Crippen LogP contribution is -2.27. The monoisotopic (exact) mass is 859 g/mol. The average molecular weight is 863 g/mol. The molecule has 1 aliphatic carbocycles. The minimum Gasteiger partial charge on any atom is -0.505 e. The average Bonchev–Trinajstić information content (AvgIpc) is 2.99. The van der Waals surface area contributed by atoms with Crippen LogP contribution in [0.25, 0.3) is 33.4 Å². The van der Waals surface area contributed by atoms with E-state index in [0.717, 1.165) is 0 Å². The van der Waals surface area contributed by atoms with Gasteiger partial charge in [-0.25, -0.2) is 4.79 Å². The van der Waals surface area contributed by atoms with Crippen molar-refractivity contribution in [3.05, 3.63) is 76.2 Å². The molecule has 0 saturated carbocycles. The SMILES string of the molecule is C=C(C)C(=O)NCCOCCOCCOc1ccc(-c2c3cc(Br)c(=O)c(Br)c-3oc3c(Br)c(O)c(Br)cc23)c(C(=O)O)c1. The maximum Gasteiger partial charge on any atom is 0.336 e. The van der Waals surface area contributed by atoms with Crippen LogP contribution in [-0.2, 0) is 14.3 Å². The maximum absolute atomic E-state index is 12.7. The molecule has 1 heterocycles. The predicted molar refractivity (Wildman–Crippen MR) is 179 cm³/mol. The van der Waals surface area contributed by atoms with Crippen molar-refractivity contribution in [2.45, 2.75) is 6.92 Å². The van der Waals surface area contributed by atoms with Gasteiger partial charge < -0.3 is 34.2 Å². The molecule has 4 rings (SSSR count). The summed E-state index contributed by atoms with van der Waals surface area (Å²) in [5.41, 5.74) is 1.51. The lowest BCUT2D eigenvalue weighted by molar-refractivity contribution is -0.117. The molecule has 0 atom stereocenters. The fourth-order valence-electron chi connectivity index (χ4n) is 4.22. The van der Waals surface area contributed by atoms with Gasteiger partial charge in [0.2, 0.25) is 11.3 Å². The van der Waals surface area contributed by atoms with Crippen LogP contribution in [0.5, 0.6) is 11.5 Å². The van der Waals surface area contributed by atoms with E-state index in [0.29, 0.717) is 64.2 Å². The Hall–Kier alpha value is -2.75. The molecule has 3 N–H and O–H groups in total. The summed E-state index contributed by atoms with van der Waals surface area (Å²) in [6, 6.07) is 7.87. The van der Waals surface area contributed by atoms with Crippen molar-refractivity contribution in [1.82, 2.24) is 5.32 Å². The Morgan fingerprint density at radius 1 is 0.932 bits per heavy atom. The fourth-order valence-corrected chi connectivity index (χ4v) is 6.62. The van der Waals surface area contributed by atoms with Gasteiger partial charge in [-0.3, -0.25) is 9.59 Å². The summed E-state index contributed by atoms with van der Waals surface area (Å²) in [5.74, 6) is -1.04. The topological polar surface area (TPSA) is 145 Å². The lowest BCUT2D eigenvalue weighted by atomic mass is 9.90. The number of carboxylic acids is 1. The molecule has 2 aromatic carbocycles. The third-order valence-electron chi connectivity index (χ3n) is 6.30. The van der Waals surface area contributed by atoms with Crippen molar-refractivity contribution < 1.29 is 38.4 Å². The van der Waals surface area contributed by atoms with E-state index in [4.69, 9.17) is 18.6 Å². The van der Waals surface area contributed by atoms with Gasteiger partial charge in [-0.05, 0) is 107 Å². The number of rotatable bonds is 13. The number of nitrogens with one attached hydrogen (secondary N) is 1. The van der Waals surface area contributed by atoms with E-state index in [1.54, 1.807) is 31.2 Å². The molecule has 0 aromatic heterocycles. The second-order valence-electron chi connectivity index (χ2n) is 9.37. The minimum atomic E-state index is -1.20. The van der Waals surface area contributed by atoms with Crippen LogP contribution in [0, 0.1) is 0 Å². The van der Waals surface area contributed by atoms with Gasteiger partial charge in [0.1, 0.15) is 27.1 Å². The van der Waals surface area contributed by atoms with Crippen LogP contribution < -0.4 is 15.5 Å². The summed E-state index contributed by atoms with van der Waals surface area (Å²) in [5, 5.41) is 23.9. The molecule has 1 aliphatic heterocycles. The zero-order valence-corrected chi connectivity index (χ0v) is 29.4. The minimum absolute atomic E-state index is 0.0527. The van der Waals surface area contributed by atoms with Crippen LogP contribution in [0.1, 0.15) is 17.3 Å². The van der Waals surface area contributed by atoms with E-state index in [-0.39, 0.29) is 60.6 Å². The number of phenols is 1. The van der Waals surface area contributed by atoms with Gasteiger partial charge in [0.05, 0.1) is 40.9 Å². The Bertz CT molecular complexity index is 1790. The van der Waals surface area contributed by atoms with E-state index in [9.17, 15) is 24.6 Å². The first-order valence-corrected chi connectivity index (χ1v) is 16.1. The number of hydrogen-bond donors (Lipinski definition) is 3. The second kappa shape index (κ2) is 15.0. The highest BCUT2D eigenvalue weighted by Crippen LogP contribution is 2.49. The first-order valence-electron chi connectivity index (χ1n) is 13.0. The third kappa shape index (κ3) is 7.54. The number of carboxylic acid groups (broad SMARTS) is 1. The van der Waals surface area contributed by atoms with E-state index in [1.165, 1.54) is 6.07 Å². The quantitative estimate of drug-likeness (QED) is 0.0727. The molecular formula is C30H25Br4NO9. The van der Waals surface area contributed by atoms with Gasteiger partial charge in [-0.15, -0.1) is 0 Å². The molecule has 0 spiro atoms. The Morgan fingerprint density at radius 2 is 1.61 bits per heavy atom. The van der Waals surface area contributed by atoms with E-state index >= 15 is 0 Å². The highest BCUT2D eigenvalue weighted by atomic mass is 79.9. The highest BCUT2D eigenvalue weighted by molar-refractivity contribution is 9.11. The van der Waals surface area contributed by atoms with Crippen molar-refractivity contribution in [2.24, 2.45) is 0 Å². The molecule has 0 radical (unpaired) electrons. The summed E-state index contributed by atoms with van der Waals surface area (Å²) in [7, 11) is 0. The van der Waals surface area contributed by atoms with Crippen molar-refractivity contribution >= 4 is 86.6 Å². The lowest BCUT2D eigenvalue weighted by Gasteiger charge is -2.20. The molecule has 0 unspecified atom stereocenters. The Morgan fingerprint density at radius 3 is 2.30 bits per heavy atom. The largest absolute Gasteiger partial charge is 0.505 e. The molecule has 2 aromatic rings. The first-order chi connectivity index (χ1) is 20.9. The standard InChI is InChI=1S/C30H25Br4NO9/c1-14(2)29(38)35-5-6-41-7-8-42-9-10-43-15-3-4-16(17(11-15)30(39)40)22-18-12-20(31)25(36)23(33)27(18)44-28-19(22)13-21(32)26(37)24(28)34/h3-4,11-13,36H,1,5-10H2,2H3,(H,35,38)(H,39,40). The van der Waals surface area contributed by atoms with Gasteiger partial charge in [-0.2, -0.15) is 0 Å². The number of ether oxygens (including phenoxy) is 3. The fraction of sp³-hybridized carbons (Fsp3) is 0.233. The molecule has 1 amide bonds. The van der Waals surface area contributed by atoms with Gasteiger partial charge >= 0.3 is 5.97 Å². The Balaban J connectivity index is 1.55. The van der Waals surface area contributed by atoms with Gasteiger partial charge in [0.15, 0.2) is 11.3 Å². The number of phenolic OH excluding ortho intramolecular Hbond substituents is 1. The Kier molecular flexibility index (Phi) is 11.7. The number of hydrogen-bond acceptors (Lipinski definition) is 8. The van der Waals surface area contributed by atoms with Crippen LogP contribution >= 0.6 is 63.7 Å². The Labute approximate surface area is 285 Å². The molecule has 232 valence electrons.